The van der Waals surface area contributed by atoms with Crippen LogP contribution in [0.3, 0.4) is 0 Å². The van der Waals surface area contributed by atoms with Gasteiger partial charge >= 0.3 is 0 Å². The highest BCUT2D eigenvalue weighted by Crippen LogP contribution is 2.38. The van der Waals surface area contributed by atoms with E-state index in [1.165, 1.54) is 12.8 Å². The Morgan fingerprint density at radius 3 is 2.46 bits per heavy atom. The highest BCUT2D eigenvalue weighted by atomic mass is 16.3. The second-order valence-electron chi connectivity index (χ2n) is 4.32. The molecule has 0 radical (unpaired) electrons. The van der Waals surface area contributed by atoms with Crippen LogP contribution in [0.15, 0.2) is 0 Å². The van der Waals surface area contributed by atoms with Crippen LogP contribution in [-0.2, 0) is 4.79 Å². The van der Waals surface area contributed by atoms with Gasteiger partial charge in [0.1, 0.15) is 6.10 Å². The Morgan fingerprint density at radius 1 is 1.46 bits per heavy atom. The molecule has 13 heavy (non-hydrogen) atoms. The van der Waals surface area contributed by atoms with Crippen molar-refractivity contribution < 1.29 is 9.90 Å². The van der Waals surface area contributed by atoms with E-state index < -0.39 is 6.10 Å². The zero-order valence-electron chi connectivity index (χ0n) is 8.07. The van der Waals surface area contributed by atoms with E-state index in [1.54, 1.807) is 4.90 Å². The average Bonchev–Trinajstić information content (AvgIpc) is 2.80. The summed E-state index contributed by atoms with van der Waals surface area (Å²) in [6.45, 7) is 3.67. The second kappa shape index (κ2) is 3.29. The van der Waals surface area contributed by atoms with Crippen molar-refractivity contribution in [2.45, 2.75) is 32.3 Å². The molecule has 0 aromatic carbocycles. The van der Waals surface area contributed by atoms with Crippen molar-refractivity contribution in [2.75, 3.05) is 13.1 Å². The molecule has 3 heteroatoms. The molecule has 1 saturated heterocycles. The van der Waals surface area contributed by atoms with Gasteiger partial charge in [0.05, 0.1) is 0 Å². The van der Waals surface area contributed by atoms with Gasteiger partial charge in [-0.1, -0.05) is 6.92 Å². The van der Waals surface area contributed by atoms with Gasteiger partial charge in [0.2, 0.25) is 0 Å². The molecule has 2 atom stereocenters. The highest BCUT2D eigenvalue weighted by Gasteiger charge is 2.38. The number of rotatable bonds is 3. The summed E-state index contributed by atoms with van der Waals surface area (Å²) in [6, 6.07) is 0. The van der Waals surface area contributed by atoms with E-state index in [2.05, 4.69) is 0 Å². The number of carbonyl (C=O) groups is 1. The Labute approximate surface area is 78.7 Å². The fraction of sp³-hybridized carbons (Fsp3) is 0.900. The molecular weight excluding hydrogens is 166 g/mol. The molecule has 1 saturated carbocycles. The van der Waals surface area contributed by atoms with Crippen LogP contribution < -0.4 is 0 Å². The minimum Gasteiger partial charge on any atom is -0.383 e. The lowest BCUT2D eigenvalue weighted by molar-refractivity contribution is -0.146. The van der Waals surface area contributed by atoms with E-state index in [1.807, 2.05) is 6.92 Å². The molecule has 74 valence electrons. The lowest BCUT2D eigenvalue weighted by atomic mass is 9.97. The summed E-state index contributed by atoms with van der Waals surface area (Å²) in [5.74, 6) is 0.707. The smallest absolute Gasteiger partial charge is 0.251 e. The third-order valence-corrected chi connectivity index (χ3v) is 3.28. The van der Waals surface area contributed by atoms with Crippen LogP contribution in [0.4, 0.5) is 0 Å². The predicted octanol–water partition coefficient (Wildman–Crippen LogP) is 0.626. The lowest BCUT2D eigenvalue weighted by Crippen LogP contribution is -2.49. The third kappa shape index (κ3) is 1.70. The standard InChI is InChI=1S/C10H17NO2/c1-7(8-3-4-8)9(12)10(13)11-5-2-6-11/h7-9,12H,2-6H2,1H3/t7-,9+/m0/s1. The van der Waals surface area contributed by atoms with Gasteiger partial charge in [-0.2, -0.15) is 0 Å². The van der Waals surface area contributed by atoms with Crippen LogP contribution in [0.5, 0.6) is 0 Å². The maximum Gasteiger partial charge on any atom is 0.251 e. The van der Waals surface area contributed by atoms with E-state index in [-0.39, 0.29) is 11.8 Å². The topological polar surface area (TPSA) is 40.5 Å². The zero-order chi connectivity index (χ0) is 9.42. The van der Waals surface area contributed by atoms with Crippen LogP contribution in [0.1, 0.15) is 26.2 Å². The largest absolute Gasteiger partial charge is 0.383 e. The van der Waals surface area contributed by atoms with Gasteiger partial charge in [-0.15, -0.1) is 0 Å². The summed E-state index contributed by atoms with van der Waals surface area (Å²) < 4.78 is 0. The number of aliphatic hydroxyl groups is 1. The van der Waals surface area contributed by atoms with Crippen LogP contribution in [-0.4, -0.2) is 35.1 Å². The molecule has 1 amide bonds. The first-order chi connectivity index (χ1) is 6.20. The summed E-state index contributed by atoms with van der Waals surface area (Å²) in [4.78, 5) is 13.3. The molecule has 2 aliphatic rings. The number of amides is 1. The van der Waals surface area contributed by atoms with Crippen molar-refractivity contribution in [2.24, 2.45) is 11.8 Å². The van der Waals surface area contributed by atoms with E-state index >= 15 is 0 Å². The normalized spacial score (nSPS) is 26.5. The first-order valence-corrected chi connectivity index (χ1v) is 5.17. The number of hydrogen-bond acceptors (Lipinski definition) is 2. The molecule has 3 nitrogen and oxygen atoms in total. The summed E-state index contributed by atoms with van der Waals surface area (Å²) in [6.07, 6.45) is 2.72. The van der Waals surface area contributed by atoms with Crippen LogP contribution in [0.25, 0.3) is 0 Å². The molecule has 0 unspecified atom stereocenters. The van der Waals surface area contributed by atoms with Gasteiger partial charge in [0, 0.05) is 13.1 Å². The maximum atomic E-state index is 11.6. The summed E-state index contributed by atoms with van der Waals surface area (Å²) in [5, 5.41) is 9.74. The average molecular weight is 183 g/mol. The number of nitrogens with zero attached hydrogens (tertiary/aromatic N) is 1. The number of carbonyl (C=O) groups excluding carboxylic acids is 1. The Bertz CT molecular complexity index is 209. The molecule has 1 aliphatic carbocycles. The molecule has 2 fully saturated rings. The van der Waals surface area contributed by atoms with E-state index in [0.717, 1.165) is 19.5 Å². The number of hydrogen-bond donors (Lipinski definition) is 1. The van der Waals surface area contributed by atoms with E-state index in [0.29, 0.717) is 5.92 Å². The molecule has 2 rings (SSSR count). The van der Waals surface area contributed by atoms with Crippen molar-refractivity contribution in [1.29, 1.82) is 0 Å². The Morgan fingerprint density at radius 2 is 2.08 bits per heavy atom. The Kier molecular flexibility index (Phi) is 2.28. The van der Waals surface area contributed by atoms with Crippen molar-refractivity contribution >= 4 is 5.91 Å². The van der Waals surface area contributed by atoms with Gasteiger partial charge in [0.15, 0.2) is 0 Å². The summed E-state index contributed by atoms with van der Waals surface area (Å²) in [7, 11) is 0. The third-order valence-electron chi connectivity index (χ3n) is 3.28. The van der Waals surface area contributed by atoms with Gasteiger partial charge < -0.3 is 10.0 Å². The second-order valence-corrected chi connectivity index (χ2v) is 4.32. The van der Waals surface area contributed by atoms with Crippen molar-refractivity contribution in [3.05, 3.63) is 0 Å². The van der Waals surface area contributed by atoms with Crippen LogP contribution in [0, 0.1) is 11.8 Å². The SMILES string of the molecule is C[C@@H](C1CC1)[C@@H](O)C(=O)N1CCC1. The molecule has 0 aromatic rings. The molecule has 0 bridgehead atoms. The van der Waals surface area contributed by atoms with Gasteiger partial charge in [-0.3, -0.25) is 4.79 Å². The fourth-order valence-corrected chi connectivity index (χ4v) is 1.83. The number of aliphatic hydroxyl groups excluding tert-OH is 1. The molecular formula is C10H17NO2. The fourth-order valence-electron chi connectivity index (χ4n) is 1.83. The van der Waals surface area contributed by atoms with Gasteiger partial charge in [-0.05, 0) is 31.1 Å². The quantitative estimate of drug-likeness (QED) is 0.697. The highest BCUT2D eigenvalue weighted by molar-refractivity contribution is 5.81. The minimum absolute atomic E-state index is 0.0503. The lowest BCUT2D eigenvalue weighted by Gasteiger charge is -2.34. The summed E-state index contributed by atoms with van der Waals surface area (Å²) >= 11 is 0. The van der Waals surface area contributed by atoms with Crippen molar-refractivity contribution in [1.82, 2.24) is 4.90 Å². The Balaban J connectivity index is 1.86. The van der Waals surface area contributed by atoms with Gasteiger partial charge in [-0.25, -0.2) is 0 Å². The van der Waals surface area contributed by atoms with E-state index in [4.69, 9.17) is 0 Å². The monoisotopic (exact) mass is 183 g/mol. The first kappa shape index (κ1) is 9.00. The maximum absolute atomic E-state index is 11.6. The summed E-state index contributed by atoms with van der Waals surface area (Å²) in [5.41, 5.74) is 0. The molecule has 0 spiro atoms. The molecule has 1 aliphatic heterocycles. The van der Waals surface area contributed by atoms with E-state index in [9.17, 15) is 9.90 Å². The Hall–Kier alpha value is -0.570. The van der Waals surface area contributed by atoms with Crippen molar-refractivity contribution in [3.8, 4) is 0 Å². The van der Waals surface area contributed by atoms with Crippen LogP contribution in [0.2, 0.25) is 0 Å². The molecule has 0 aromatic heterocycles. The van der Waals surface area contributed by atoms with Gasteiger partial charge in [0.25, 0.3) is 5.91 Å². The molecule has 1 N–H and O–H groups in total. The predicted molar refractivity (Wildman–Crippen MR) is 49.1 cm³/mol. The van der Waals surface area contributed by atoms with Crippen LogP contribution >= 0.6 is 0 Å². The first-order valence-electron chi connectivity index (χ1n) is 5.17. The zero-order valence-corrected chi connectivity index (χ0v) is 8.07. The number of likely N-dealkylation sites (tertiary alicyclic amines) is 1. The van der Waals surface area contributed by atoms with Crippen molar-refractivity contribution in [3.63, 3.8) is 0 Å². The minimum atomic E-state index is -0.743. The molecule has 1 heterocycles.